The predicted octanol–water partition coefficient (Wildman–Crippen LogP) is 5.39. The van der Waals surface area contributed by atoms with Gasteiger partial charge in [0.25, 0.3) is 5.24 Å². The van der Waals surface area contributed by atoms with E-state index in [2.05, 4.69) is 10.3 Å². The Kier molecular flexibility index (Phi) is 7.12. The molecule has 0 bridgehead atoms. The summed E-state index contributed by atoms with van der Waals surface area (Å²) >= 11 is 2.67. The van der Waals surface area contributed by atoms with E-state index in [1.54, 1.807) is 11.3 Å². The molecule has 2 amide bonds. The zero-order valence-electron chi connectivity index (χ0n) is 17.9. The van der Waals surface area contributed by atoms with Crippen LogP contribution >= 0.6 is 23.1 Å². The fourth-order valence-corrected chi connectivity index (χ4v) is 5.32. The highest BCUT2D eigenvalue weighted by Gasteiger charge is 2.32. The number of ether oxygens (including phenoxy) is 1. The Morgan fingerprint density at radius 3 is 2.91 bits per heavy atom. The van der Waals surface area contributed by atoms with Crippen molar-refractivity contribution in [2.24, 2.45) is 0 Å². The predicted molar refractivity (Wildman–Crippen MR) is 129 cm³/mol. The molecular formula is C24H24N2O4S2. The van der Waals surface area contributed by atoms with Crippen molar-refractivity contribution >= 4 is 44.3 Å². The van der Waals surface area contributed by atoms with Crippen molar-refractivity contribution in [3.8, 4) is 5.75 Å². The number of oxazole rings is 1. The van der Waals surface area contributed by atoms with Gasteiger partial charge in [0.1, 0.15) is 11.5 Å². The van der Waals surface area contributed by atoms with Gasteiger partial charge in [-0.05, 0) is 43.3 Å². The molecule has 2 aromatic heterocycles. The number of nitrogens with zero attached hydrogens (tertiary/aromatic N) is 1. The molecular weight excluding hydrogens is 444 g/mol. The minimum absolute atomic E-state index is 0.218. The summed E-state index contributed by atoms with van der Waals surface area (Å²) < 4.78 is 12.9. The third-order valence-electron chi connectivity index (χ3n) is 5.10. The molecule has 1 unspecified atom stereocenters. The van der Waals surface area contributed by atoms with Crippen molar-refractivity contribution in [1.29, 1.82) is 0 Å². The number of fused-ring (bicyclic) bond motifs is 1. The second-order valence-electron chi connectivity index (χ2n) is 7.34. The van der Waals surface area contributed by atoms with E-state index in [-0.39, 0.29) is 16.4 Å². The van der Waals surface area contributed by atoms with Crippen LogP contribution in [0.3, 0.4) is 0 Å². The summed E-state index contributed by atoms with van der Waals surface area (Å²) in [4.78, 5) is 28.0. The summed E-state index contributed by atoms with van der Waals surface area (Å²) in [5.41, 5.74) is 1.96. The number of carbonyl (C=O) groups excluding carboxylic acids is 2. The molecule has 1 saturated heterocycles. The topological polar surface area (TPSA) is 81.4 Å². The van der Waals surface area contributed by atoms with Crippen LogP contribution in [0.2, 0.25) is 0 Å². The molecule has 0 saturated carbocycles. The van der Waals surface area contributed by atoms with Gasteiger partial charge in [-0.1, -0.05) is 42.1 Å². The summed E-state index contributed by atoms with van der Waals surface area (Å²) in [5, 5.41) is 4.74. The van der Waals surface area contributed by atoms with Crippen LogP contribution in [-0.4, -0.2) is 28.0 Å². The second-order valence-corrected chi connectivity index (χ2v) is 9.43. The molecule has 166 valence electrons. The molecule has 6 nitrogen and oxygen atoms in total. The van der Waals surface area contributed by atoms with Crippen LogP contribution in [0.5, 0.6) is 5.75 Å². The molecule has 32 heavy (non-hydrogen) atoms. The number of nitrogens with one attached hydrogen (secondary N) is 1. The molecule has 1 N–H and O–H groups in total. The molecule has 3 aromatic rings. The highest BCUT2D eigenvalue weighted by molar-refractivity contribution is 8.15. The highest BCUT2D eigenvalue weighted by Crippen LogP contribution is 2.35. The van der Waals surface area contributed by atoms with E-state index < -0.39 is 0 Å². The van der Waals surface area contributed by atoms with E-state index in [0.29, 0.717) is 31.8 Å². The van der Waals surface area contributed by atoms with Crippen molar-refractivity contribution in [2.45, 2.75) is 38.4 Å². The Balaban J connectivity index is 1.39. The summed E-state index contributed by atoms with van der Waals surface area (Å²) in [6, 6.07) is 5.96. The van der Waals surface area contributed by atoms with Crippen LogP contribution in [0.15, 0.2) is 52.3 Å². The Morgan fingerprint density at radius 1 is 1.25 bits per heavy atom. The van der Waals surface area contributed by atoms with Crippen LogP contribution < -0.4 is 10.1 Å². The number of amides is 2. The molecule has 1 aromatic carbocycles. The molecule has 1 aliphatic heterocycles. The zero-order chi connectivity index (χ0) is 22.5. The van der Waals surface area contributed by atoms with Gasteiger partial charge in [0.05, 0.1) is 17.6 Å². The first-order valence-corrected chi connectivity index (χ1v) is 12.2. The maximum Gasteiger partial charge on any atom is 0.286 e. The number of rotatable bonds is 9. The maximum absolute atomic E-state index is 11.9. The maximum atomic E-state index is 11.9. The van der Waals surface area contributed by atoms with Gasteiger partial charge < -0.3 is 9.15 Å². The largest absolute Gasteiger partial charge is 0.493 e. The lowest BCUT2D eigenvalue weighted by Crippen LogP contribution is -2.25. The Morgan fingerprint density at radius 2 is 2.12 bits per heavy atom. The van der Waals surface area contributed by atoms with Crippen molar-refractivity contribution in [2.75, 3.05) is 6.61 Å². The van der Waals surface area contributed by atoms with Gasteiger partial charge >= 0.3 is 0 Å². The number of imide groups is 1. The molecule has 3 heterocycles. The number of hydrogen-bond acceptors (Lipinski definition) is 7. The smallest absolute Gasteiger partial charge is 0.286 e. The van der Waals surface area contributed by atoms with Gasteiger partial charge in [0, 0.05) is 22.9 Å². The molecule has 1 aliphatic rings. The van der Waals surface area contributed by atoms with Crippen molar-refractivity contribution in [3.05, 3.63) is 70.8 Å². The number of thiophene rings is 1. The number of benzene rings is 1. The third kappa shape index (κ3) is 5.14. The summed E-state index contributed by atoms with van der Waals surface area (Å²) in [5.74, 6) is 2.11. The van der Waals surface area contributed by atoms with Gasteiger partial charge in [-0.25, -0.2) is 4.98 Å². The van der Waals surface area contributed by atoms with E-state index in [9.17, 15) is 9.59 Å². The average Bonchev–Trinajstić information content (AvgIpc) is 3.46. The Hall–Kier alpha value is -2.84. The van der Waals surface area contributed by atoms with Gasteiger partial charge in [0.15, 0.2) is 5.89 Å². The van der Waals surface area contributed by atoms with Crippen LogP contribution in [0.1, 0.15) is 29.8 Å². The number of carbonyl (C=O) groups is 2. The van der Waals surface area contributed by atoms with Crippen LogP contribution in [-0.2, 0) is 24.1 Å². The average molecular weight is 469 g/mol. The lowest BCUT2D eigenvalue weighted by atomic mass is 10.1. The second kappa shape index (κ2) is 10.2. The molecule has 1 atom stereocenters. The summed E-state index contributed by atoms with van der Waals surface area (Å²) in [6.07, 6.45) is 9.78. The molecule has 0 radical (unpaired) electrons. The van der Waals surface area contributed by atoms with E-state index in [4.69, 9.17) is 9.15 Å². The number of aromatic nitrogens is 1. The molecule has 0 aliphatic carbocycles. The van der Waals surface area contributed by atoms with Crippen LogP contribution in [0, 0.1) is 6.92 Å². The Labute approximate surface area is 194 Å². The van der Waals surface area contributed by atoms with Gasteiger partial charge in [-0.3, -0.25) is 14.9 Å². The quantitative estimate of drug-likeness (QED) is 0.424. The first kappa shape index (κ1) is 22.4. The van der Waals surface area contributed by atoms with E-state index in [0.717, 1.165) is 44.6 Å². The Bertz CT molecular complexity index is 1190. The fourth-order valence-electron chi connectivity index (χ4n) is 3.53. The first-order valence-electron chi connectivity index (χ1n) is 10.4. The molecule has 4 rings (SSSR count). The van der Waals surface area contributed by atoms with Crippen molar-refractivity contribution < 1.29 is 18.7 Å². The third-order valence-corrected chi connectivity index (χ3v) is 7.07. The van der Waals surface area contributed by atoms with E-state index in [1.165, 1.54) is 0 Å². The van der Waals surface area contributed by atoms with E-state index >= 15 is 0 Å². The fraction of sp³-hybridized carbons (Fsp3) is 0.292. The molecule has 1 fully saturated rings. The summed E-state index contributed by atoms with van der Waals surface area (Å²) in [6.45, 7) is 4.39. The van der Waals surface area contributed by atoms with Gasteiger partial charge in [-0.15, -0.1) is 11.3 Å². The normalized spacial score (nSPS) is 16.6. The lowest BCUT2D eigenvalue weighted by molar-refractivity contribution is -0.118. The number of thioether (sulfide) groups is 1. The van der Waals surface area contributed by atoms with Gasteiger partial charge in [0.2, 0.25) is 5.91 Å². The summed E-state index contributed by atoms with van der Waals surface area (Å²) in [7, 11) is 0. The van der Waals surface area contributed by atoms with Gasteiger partial charge in [-0.2, -0.15) is 0 Å². The molecule has 0 spiro atoms. The molecule has 8 heteroatoms. The monoisotopic (exact) mass is 468 g/mol. The highest BCUT2D eigenvalue weighted by atomic mass is 32.2. The van der Waals surface area contributed by atoms with Crippen molar-refractivity contribution in [1.82, 2.24) is 10.3 Å². The van der Waals surface area contributed by atoms with E-state index in [1.807, 2.05) is 61.7 Å². The minimum atomic E-state index is -0.378. The zero-order valence-corrected chi connectivity index (χ0v) is 19.6. The van der Waals surface area contributed by atoms with Crippen LogP contribution in [0.4, 0.5) is 4.79 Å². The first-order chi connectivity index (χ1) is 15.5. The SMILES string of the molecule is C/C=C\C=C/Cc1nc(CCOc2ccc(CC3SC(=O)NC3=O)c3sccc23)c(C)o1. The minimum Gasteiger partial charge on any atom is -0.493 e. The van der Waals surface area contributed by atoms with Crippen LogP contribution in [0.25, 0.3) is 10.1 Å². The van der Waals surface area contributed by atoms with Crippen molar-refractivity contribution in [3.63, 3.8) is 0 Å². The number of allylic oxidation sites excluding steroid dienone is 4. The lowest BCUT2D eigenvalue weighted by Gasteiger charge is -2.11. The number of hydrogen-bond donors (Lipinski definition) is 1. The standard InChI is InChI=1S/C24H24N2O4S2/c1-3-4-5-6-7-21-25-18(15(2)30-21)10-12-29-19-9-8-16(22-17(19)11-13-31-22)14-20-23(27)26-24(28)32-20/h3-6,8-9,11,13,20H,7,10,12,14H2,1-2H3,(H,26,27,28)/b4-3-,6-5-. The number of aryl methyl sites for hydroxylation is 1.